The van der Waals surface area contributed by atoms with E-state index in [4.69, 9.17) is 20.3 Å². The van der Waals surface area contributed by atoms with Gasteiger partial charge in [-0.1, -0.05) is 0 Å². The number of aliphatic hydroxyl groups excluding tert-OH is 1. The summed E-state index contributed by atoms with van der Waals surface area (Å²) in [5.41, 5.74) is 6.34. The van der Waals surface area contributed by atoms with Gasteiger partial charge in [0, 0.05) is 32.4 Å². The van der Waals surface area contributed by atoms with Gasteiger partial charge >= 0.3 is 0 Å². The number of hydrogen-bond acceptors (Lipinski definition) is 5. The van der Waals surface area contributed by atoms with Crippen molar-refractivity contribution in [2.45, 2.75) is 6.42 Å². The lowest BCUT2D eigenvalue weighted by Gasteiger charge is -2.20. The van der Waals surface area contributed by atoms with Crippen LogP contribution in [-0.2, 0) is 4.74 Å². The summed E-state index contributed by atoms with van der Waals surface area (Å²) >= 11 is 0. The van der Waals surface area contributed by atoms with Crippen LogP contribution in [0.2, 0.25) is 0 Å². The van der Waals surface area contributed by atoms with Gasteiger partial charge in [-0.3, -0.25) is 4.90 Å². The van der Waals surface area contributed by atoms with Crippen molar-refractivity contribution in [3.8, 4) is 5.75 Å². The molecule has 1 aromatic rings. The molecule has 0 spiro atoms. The number of benzene rings is 1. The predicted molar refractivity (Wildman–Crippen MR) is 76.4 cm³/mol. The Morgan fingerprint density at radius 1 is 1.11 bits per heavy atom. The molecule has 0 fully saturated rings. The minimum atomic E-state index is 0.169. The molecule has 0 saturated heterocycles. The number of rotatable bonds is 10. The number of ether oxygens (including phenoxy) is 2. The summed E-state index contributed by atoms with van der Waals surface area (Å²) in [5.74, 6) is 0.833. The van der Waals surface area contributed by atoms with E-state index in [1.807, 2.05) is 24.3 Å². The Hall–Kier alpha value is -1.30. The number of nitrogen functional groups attached to an aromatic ring is 1. The molecular formula is C14H24N2O3. The normalized spacial score (nSPS) is 10.9. The molecule has 0 heterocycles. The lowest BCUT2D eigenvalue weighted by atomic mass is 10.3. The second kappa shape index (κ2) is 9.61. The number of anilines is 1. The Bertz CT molecular complexity index is 330. The predicted octanol–water partition coefficient (Wildman–Crippen LogP) is 0.978. The topological polar surface area (TPSA) is 68.0 Å². The summed E-state index contributed by atoms with van der Waals surface area (Å²) < 4.78 is 10.7. The molecule has 0 saturated carbocycles. The van der Waals surface area contributed by atoms with Crippen LogP contribution in [0.1, 0.15) is 6.42 Å². The zero-order valence-electron chi connectivity index (χ0n) is 11.5. The lowest BCUT2D eigenvalue weighted by Crippen LogP contribution is -2.32. The summed E-state index contributed by atoms with van der Waals surface area (Å²) in [6.45, 7) is 3.89. The summed E-state index contributed by atoms with van der Waals surface area (Å²) in [5, 5.41) is 8.97. The van der Waals surface area contributed by atoms with Crippen LogP contribution >= 0.6 is 0 Å². The maximum atomic E-state index is 8.97. The Kier molecular flexibility index (Phi) is 7.97. The van der Waals surface area contributed by atoms with Crippen LogP contribution in [0, 0.1) is 0 Å². The fourth-order valence-electron chi connectivity index (χ4n) is 1.74. The highest BCUT2D eigenvalue weighted by Gasteiger charge is 2.03. The van der Waals surface area contributed by atoms with E-state index < -0.39 is 0 Å². The molecule has 3 N–H and O–H groups in total. The number of nitrogens with two attached hydrogens (primary N) is 1. The van der Waals surface area contributed by atoms with Crippen molar-refractivity contribution in [2.75, 3.05) is 52.3 Å². The minimum absolute atomic E-state index is 0.169. The molecule has 0 unspecified atom stereocenters. The molecule has 0 radical (unpaired) electrons. The van der Waals surface area contributed by atoms with Gasteiger partial charge in [-0.15, -0.1) is 0 Å². The van der Waals surface area contributed by atoms with Crippen molar-refractivity contribution < 1.29 is 14.6 Å². The van der Waals surface area contributed by atoms with Gasteiger partial charge < -0.3 is 20.3 Å². The quantitative estimate of drug-likeness (QED) is 0.489. The number of aliphatic hydroxyl groups is 1. The van der Waals surface area contributed by atoms with E-state index in [9.17, 15) is 0 Å². The van der Waals surface area contributed by atoms with Crippen LogP contribution in [0.3, 0.4) is 0 Å². The third-order valence-electron chi connectivity index (χ3n) is 2.80. The van der Waals surface area contributed by atoms with Crippen molar-refractivity contribution in [1.82, 2.24) is 4.90 Å². The summed E-state index contributed by atoms with van der Waals surface area (Å²) in [7, 11) is 1.68. The van der Waals surface area contributed by atoms with Crippen LogP contribution in [0.5, 0.6) is 5.75 Å². The standard InChI is InChI=1S/C14H24N2O3/c1-18-12-9-16(8-10-17)7-2-11-19-14-5-3-13(15)4-6-14/h3-6,17H,2,7-12,15H2,1H3. The van der Waals surface area contributed by atoms with Crippen LogP contribution in [0.25, 0.3) is 0 Å². The summed E-state index contributed by atoms with van der Waals surface area (Å²) in [6, 6.07) is 7.38. The molecule has 19 heavy (non-hydrogen) atoms. The van der Waals surface area contributed by atoms with E-state index in [1.54, 1.807) is 7.11 Å². The highest BCUT2D eigenvalue weighted by atomic mass is 16.5. The van der Waals surface area contributed by atoms with Gasteiger partial charge in [0.25, 0.3) is 0 Å². The molecule has 0 atom stereocenters. The number of methoxy groups -OCH3 is 1. The Labute approximate surface area is 114 Å². The lowest BCUT2D eigenvalue weighted by molar-refractivity contribution is 0.126. The van der Waals surface area contributed by atoms with Crippen LogP contribution in [0.15, 0.2) is 24.3 Å². The van der Waals surface area contributed by atoms with Gasteiger partial charge in [-0.2, -0.15) is 0 Å². The first kappa shape index (κ1) is 15.8. The molecule has 0 aromatic heterocycles. The van der Waals surface area contributed by atoms with E-state index >= 15 is 0 Å². The van der Waals surface area contributed by atoms with Crippen LogP contribution < -0.4 is 10.5 Å². The van der Waals surface area contributed by atoms with E-state index in [2.05, 4.69) is 4.90 Å². The minimum Gasteiger partial charge on any atom is -0.494 e. The van der Waals surface area contributed by atoms with Crippen LogP contribution in [0.4, 0.5) is 5.69 Å². The smallest absolute Gasteiger partial charge is 0.119 e. The maximum absolute atomic E-state index is 8.97. The Morgan fingerprint density at radius 3 is 2.47 bits per heavy atom. The van der Waals surface area contributed by atoms with E-state index in [1.165, 1.54) is 0 Å². The van der Waals surface area contributed by atoms with Crippen LogP contribution in [-0.4, -0.2) is 56.6 Å². The SMILES string of the molecule is COCCN(CCO)CCCOc1ccc(N)cc1. The van der Waals surface area contributed by atoms with Crippen molar-refractivity contribution in [2.24, 2.45) is 0 Å². The van der Waals surface area contributed by atoms with E-state index in [0.29, 0.717) is 19.8 Å². The Balaban J connectivity index is 2.18. The molecule has 0 bridgehead atoms. The molecule has 1 aromatic carbocycles. The number of nitrogens with zero attached hydrogens (tertiary/aromatic N) is 1. The highest BCUT2D eigenvalue weighted by molar-refractivity contribution is 5.41. The molecule has 0 aliphatic rings. The largest absolute Gasteiger partial charge is 0.494 e. The second-order valence-electron chi connectivity index (χ2n) is 4.33. The first-order valence-electron chi connectivity index (χ1n) is 6.56. The number of hydrogen-bond donors (Lipinski definition) is 2. The van der Waals surface area contributed by atoms with Crippen molar-refractivity contribution in [1.29, 1.82) is 0 Å². The average Bonchev–Trinajstić information content (AvgIpc) is 2.42. The third-order valence-corrected chi connectivity index (χ3v) is 2.80. The monoisotopic (exact) mass is 268 g/mol. The fourth-order valence-corrected chi connectivity index (χ4v) is 1.74. The van der Waals surface area contributed by atoms with E-state index in [0.717, 1.165) is 30.9 Å². The van der Waals surface area contributed by atoms with Gasteiger partial charge in [0.15, 0.2) is 0 Å². The maximum Gasteiger partial charge on any atom is 0.119 e. The molecule has 0 aliphatic heterocycles. The molecule has 0 amide bonds. The Morgan fingerprint density at radius 2 is 1.84 bits per heavy atom. The zero-order valence-corrected chi connectivity index (χ0v) is 11.5. The molecule has 1 rings (SSSR count). The summed E-state index contributed by atoms with van der Waals surface area (Å²) in [4.78, 5) is 2.16. The third kappa shape index (κ3) is 7.00. The molecule has 5 heteroatoms. The second-order valence-corrected chi connectivity index (χ2v) is 4.33. The van der Waals surface area contributed by atoms with Gasteiger partial charge in [0.1, 0.15) is 5.75 Å². The molecule has 0 aliphatic carbocycles. The summed E-state index contributed by atoms with van der Waals surface area (Å²) in [6.07, 6.45) is 0.911. The molecular weight excluding hydrogens is 244 g/mol. The first-order chi connectivity index (χ1) is 9.26. The molecule has 5 nitrogen and oxygen atoms in total. The highest BCUT2D eigenvalue weighted by Crippen LogP contribution is 2.13. The van der Waals surface area contributed by atoms with Gasteiger partial charge in [-0.05, 0) is 30.7 Å². The van der Waals surface area contributed by atoms with Crippen molar-refractivity contribution in [3.63, 3.8) is 0 Å². The van der Waals surface area contributed by atoms with Crippen molar-refractivity contribution >= 4 is 5.69 Å². The first-order valence-corrected chi connectivity index (χ1v) is 6.56. The zero-order chi connectivity index (χ0) is 13.9. The van der Waals surface area contributed by atoms with Gasteiger partial charge in [0.05, 0.1) is 19.8 Å². The van der Waals surface area contributed by atoms with Crippen molar-refractivity contribution in [3.05, 3.63) is 24.3 Å². The fraction of sp³-hybridized carbons (Fsp3) is 0.571. The average molecular weight is 268 g/mol. The molecule has 108 valence electrons. The van der Waals surface area contributed by atoms with Gasteiger partial charge in [-0.25, -0.2) is 0 Å². The van der Waals surface area contributed by atoms with E-state index in [-0.39, 0.29) is 6.61 Å². The van der Waals surface area contributed by atoms with Gasteiger partial charge in [0.2, 0.25) is 0 Å².